The van der Waals surface area contributed by atoms with E-state index in [1.165, 1.54) is 11.1 Å². The summed E-state index contributed by atoms with van der Waals surface area (Å²) in [5, 5.41) is 9.18. The predicted molar refractivity (Wildman–Crippen MR) is 94.2 cm³/mol. The van der Waals surface area contributed by atoms with E-state index in [0.29, 0.717) is 26.1 Å². The van der Waals surface area contributed by atoms with Gasteiger partial charge in [-0.1, -0.05) is 38.1 Å². The first kappa shape index (κ1) is 17.9. The summed E-state index contributed by atoms with van der Waals surface area (Å²) >= 11 is 0. The van der Waals surface area contributed by atoms with Crippen molar-refractivity contribution in [2.75, 3.05) is 19.7 Å². The largest absolute Gasteiger partial charge is 0.481 e. The molecule has 0 aromatic heterocycles. The van der Waals surface area contributed by atoms with Crippen LogP contribution in [0, 0.1) is 11.8 Å². The number of aryl methyl sites for hydroxylation is 1. The predicted octanol–water partition coefficient (Wildman–Crippen LogP) is 2.82. The van der Waals surface area contributed by atoms with Gasteiger partial charge >= 0.3 is 5.97 Å². The van der Waals surface area contributed by atoms with Crippen LogP contribution in [0.5, 0.6) is 0 Å². The Labute approximate surface area is 149 Å². The highest BCUT2D eigenvalue weighted by Gasteiger charge is 2.45. The van der Waals surface area contributed by atoms with Crippen molar-refractivity contribution >= 4 is 11.9 Å². The Kier molecular flexibility index (Phi) is 5.13. The Balaban J connectivity index is 1.79. The SMILES string of the molecule is CC(C)CC(CC(=O)O)C(=O)N1CCOC2(CCc3ccccc32)C1. The maximum absolute atomic E-state index is 13.0. The average molecular weight is 345 g/mol. The van der Waals surface area contributed by atoms with Crippen molar-refractivity contribution in [3.05, 3.63) is 35.4 Å². The number of morpholine rings is 1. The van der Waals surface area contributed by atoms with Crippen molar-refractivity contribution in [3.8, 4) is 0 Å². The van der Waals surface area contributed by atoms with Crippen LogP contribution >= 0.6 is 0 Å². The standard InChI is InChI=1S/C20H27NO4/c1-14(2)11-16(12-18(22)23)19(24)21-9-10-25-20(13-21)8-7-15-5-3-4-6-17(15)20/h3-6,14,16H,7-13H2,1-2H3,(H,22,23). The van der Waals surface area contributed by atoms with Gasteiger partial charge < -0.3 is 14.7 Å². The number of aliphatic carboxylic acids is 1. The van der Waals surface area contributed by atoms with Gasteiger partial charge in [0.05, 0.1) is 19.6 Å². The molecule has 5 nitrogen and oxygen atoms in total. The summed E-state index contributed by atoms with van der Waals surface area (Å²) in [6.45, 7) is 5.61. The summed E-state index contributed by atoms with van der Waals surface area (Å²) in [7, 11) is 0. The number of carboxylic acid groups (broad SMARTS) is 1. The number of amides is 1. The fourth-order valence-corrected chi connectivity index (χ4v) is 4.25. The zero-order chi connectivity index (χ0) is 18.0. The molecule has 1 heterocycles. The summed E-state index contributed by atoms with van der Waals surface area (Å²) in [4.78, 5) is 26.1. The van der Waals surface area contributed by atoms with Crippen LogP contribution in [-0.4, -0.2) is 41.6 Å². The Hall–Kier alpha value is -1.88. The molecule has 1 amide bonds. The van der Waals surface area contributed by atoms with Crippen molar-refractivity contribution in [2.45, 2.75) is 45.1 Å². The second-order valence-electron chi connectivity index (χ2n) is 7.68. The number of benzene rings is 1. The molecule has 0 bridgehead atoms. The lowest BCUT2D eigenvalue weighted by atomic mass is 9.90. The van der Waals surface area contributed by atoms with E-state index >= 15 is 0 Å². The molecule has 1 saturated heterocycles. The number of ether oxygens (including phenoxy) is 1. The number of fused-ring (bicyclic) bond motifs is 2. The van der Waals surface area contributed by atoms with Gasteiger partial charge in [-0.05, 0) is 36.3 Å². The zero-order valence-corrected chi connectivity index (χ0v) is 15.0. The molecule has 0 radical (unpaired) electrons. The molecule has 2 aliphatic rings. The molecule has 1 aliphatic heterocycles. The minimum Gasteiger partial charge on any atom is -0.481 e. The topological polar surface area (TPSA) is 66.8 Å². The lowest BCUT2D eigenvalue weighted by molar-refractivity contribution is -0.159. The molecule has 1 spiro atoms. The van der Waals surface area contributed by atoms with Crippen molar-refractivity contribution in [1.82, 2.24) is 4.90 Å². The normalized spacial score (nSPS) is 23.7. The summed E-state index contributed by atoms with van der Waals surface area (Å²) in [6.07, 6.45) is 2.34. The smallest absolute Gasteiger partial charge is 0.304 e. The van der Waals surface area contributed by atoms with Crippen molar-refractivity contribution < 1.29 is 19.4 Å². The molecule has 1 aromatic carbocycles. The molecule has 3 rings (SSSR count). The number of rotatable bonds is 5. The number of carbonyl (C=O) groups is 2. The van der Waals surface area contributed by atoms with Gasteiger partial charge in [0.2, 0.25) is 5.91 Å². The highest BCUT2D eigenvalue weighted by molar-refractivity contribution is 5.83. The van der Waals surface area contributed by atoms with Crippen LogP contribution in [0.25, 0.3) is 0 Å². The molecule has 25 heavy (non-hydrogen) atoms. The van der Waals surface area contributed by atoms with Crippen molar-refractivity contribution in [3.63, 3.8) is 0 Å². The lowest BCUT2D eigenvalue weighted by Gasteiger charge is -2.42. The molecule has 1 aliphatic carbocycles. The van der Waals surface area contributed by atoms with Crippen LogP contribution in [0.4, 0.5) is 0 Å². The van der Waals surface area contributed by atoms with Gasteiger partial charge in [-0.3, -0.25) is 9.59 Å². The summed E-state index contributed by atoms with van der Waals surface area (Å²) in [5.74, 6) is -1.11. The van der Waals surface area contributed by atoms with Gasteiger partial charge in [-0.2, -0.15) is 0 Å². The Morgan fingerprint density at radius 3 is 2.80 bits per heavy atom. The maximum atomic E-state index is 13.0. The number of hydrogen-bond acceptors (Lipinski definition) is 3. The highest BCUT2D eigenvalue weighted by atomic mass is 16.5. The molecule has 5 heteroatoms. The fourth-order valence-electron chi connectivity index (χ4n) is 4.25. The van der Waals surface area contributed by atoms with Crippen molar-refractivity contribution in [1.29, 1.82) is 0 Å². The average Bonchev–Trinajstić information content (AvgIpc) is 2.91. The van der Waals surface area contributed by atoms with E-state index in [2.05, 4.69) is 12.1 Å². The van der Waals surface area contributed by atoms with E-state index in [1.54, 1.807) is 0 Å². The molecule has 1 N–H and O–H groups in total. The Morgan fingerprint density at radius 1 is 1.32 bits per heavy atom. The summed E-state index contributed by atoms with van der Waals surface area (Å²) < 4.78 is 6.17. The van der Waals surface area contributed by atoms with Gasteiger partial charge in [-0.15, -0.1) is 0 Å². The maximum Gasteiger partial charge on any atom is 0.304 e. The molecule has 2 atom stereocenters. The lowest BCUT2D eigenvalue weighted by Crippen LogP contribution is -2.52. The minimum atomic E-state index is -0.909. The first-order valence-electron chi connectivity index (χ1n) is 9.14. The molecule has 1 aromatic rings. The van der Waals surface area contributed by atoms with E-state index in [9.17, 15) is 14.7 Å². The molecule has 1 fully saturated rings. The third kappa shape index (κ3) is 3.71. The molecular weight excluding hydrogens is 318 g/mol. The molecule has 0 saturated carbocycles. The van der Waals surface area contributed by atoms with Gasteiger partial charge in [0.1, 0.15) is 5.60 Å². The number of nitrogens with zero attached hydrogens (tertiary/aromatic N) is 1. The van der Waals surface area contributed by atoms with Crippen LogP contribution in [0.2, 0.25) is 0 Å². The van der Waals surface area contributed by atoms with Gasteiger partial charge in [0.15, 0.2) is 0 Å². The molecular formula is C20H27NO4. The minimum absolute atomic E-state index is 0.0387. The van der Waals surface area contributed by atoms with E-state index in [-0.39, 0.29) is 18.2 Å². The van der Waals surface area contributed by atoms with E-state index in [4.69, 9.17) is 4.74 Å². The molecule has 136 valence electrons. The zero-order valence-electron chi connectivity index (χ0n) is 15.0. The Morgan fingerprint density at radius 2 is 2.08 bits per heavy atom. The Bertz CT molecular complexity index is 653. The third-order valence-corrected chi connectivity index (χ3v) is 5.33. The second kappa shape index (κ2) is 7.16. The summed E-state index contributed by atoms with van der Waals surface area (Å²) in [6, 6.07) is 8.27. The van der Waals surface area contributed by atoms with Crippen LogP contribution < -0.4 is 0 Å². The summed E-state index contributed by atoms with van der Waals surface area (Å²) in [5.41, 5.74) is 2.06. The van der Waals surface area contributed by atoms with Gasteiger partial charge in [-0.25, -0.2) is 0 Å². The quantitative estimate of drug-likeness (QED) is 0.891. The first-order valence-corrected chi connectivity index (χ1v) is 9.14. The van der Waals surface area contributed by atoms with Crippen LogP contribution in [0.3, 0.4) is 0 Å². The highest BCUT2D eigenvalue weighted by Crippen LogP contribution is 2.42. The van der Waals surface area contributed by atoms with Gasteiger partial charge in [0.25, 0.3) is 0 Å². The monoisotopic (exact) mass is 345 g/mol. The van der Waals surface area contributed by atoms with Crippen LogP contribution in [0.15, 0.2) is 24.3 Å². The van der Waals surface area contributed by atoms with E-state index in [1.807, 2.05) is 30.9 Å². The van der Waals surface area contributed by atoms with Crippen LogP contribution in [0.1, 0.15) is 44.2 Å². The van der Waals surface area contributed by atoms with Crippen LogP contribution in [-0.2, 0) is 26.3 Å². The number of carbonyl (C=O) groups excluding carboxylic acids is 1. The number of hydrogen-bond donors (Lipinski definition) is 1. The second-order valence-corrected chi connectivity index (χ2v) is 7.68. The number of carboxylic acids is 1. The van der Waals surface area contributed by atoms with E-state index < -0.39 is 17.5 Å². The first-order chi connectivity index (χ1) is 11.9. The van der Waals surface area contributed by atoms with E-state index in [0.717, 1.165) is 12.8 Å². The molecule has 2 unspecified atom stereocenters. The third-order valence-electron chi connectivity index (χ3n) is 5.33. The fraction of sp³-hybridized carbons (Fsp3) is 0.600. The van der Waals surface area contributed by atoms with Crippen molar-refractivity contribution in [2.24, 2.45) is 11.8 Å². The van der Waals surface area contributed by atoms with Gasteiger partial charge in [0, 0.05) is 12.5 Å².